The van der Waals surface area contributed by atoms with Gasteiger partial charge in [-0.15, -0.1) is 0 Å². The summed E-state index contributed by atoms with van der Waals surface area (Å²) in [5, 5.41) is 2.51. The Kier molecular flexibility index (Phi) is 9.28. The number of hydrogen-bond donors (Lipinski definition) is 2. The maximum absolute atomic E-state index is 12.9. The molecule has 198 valence electrons. The standard InChI is InChI=1S/C27H23F3N2O5S/c1-2-16-37-18-25(33)32-38(35,36)24-9-4-3-8-23(24)31-26(34)21-14-12-19(13-15-21)10-11-20-6-5-7-22(17-20)27(28,29)30/h3-9,12-15,17H,2,16,18H2,1H3,(H,31,34)(H,32,33). The summed E-state index contributed by atoms with van der Waals surface area (Å²) >= 11 is 0. The van der Waals surface area contributed by atoms with Crippen molar-refractivity contribution in [3.8, 4) is 11.8 Å². The number of rotatable bonds is 8. The molecule has 0 unspecified atom stereocenters. The van der Waals surface area contributed by atoms with Gasteiger partial charge in [-0.25, -0.2) is 13.1 Å². The molecule has 3 aromatic carbocycles. The highest BCUT2D eigenvalue weighted by Crippen LogP contribution is 2.29. The summed E-state index contributed by atoms with van der Waals surface area (Å²) in [4.78, 5) is 24.4. The van der Waals surface area contributed by atoms with Gasteiger partial charge in [-0.3, -0.25) is 9.59 Å². The molecular weight excluding hydrogens is 521 g/mol. The van der Waals surface area contributed by atoms with Crippen LogP contribution in [-0.4, -0.2) is 33.4 Å². The van der Waals surface area contributed by atoms with Crippen molar-refractivity contribution in [2.75, 3.05) is 18.5 Å². The Bertz CT molecular complexity index is 1470. The van der Waals surface area contributed by atoms with Gasteiger partial charge in [-0.05, 0) is 61.0 Å². The van der Waals surface area contributed by atoms with E-state index in [1.54, 1.807) is 0 Å². The second-order valence-corrected chi connectivity index (χ2v) is 9.59. The highest BCUT2D eigenvalue weighted by Gasteiger charge is 2.30. The predicted molar refractivity (Wildman–Crippen MR) is 135 cm³/mol. The molecule has 11 heteroatoms. The third kappa shape index (κ3) is 7.93. The largest absolute Gasteiger partial charge is 0.416 e. The van der Waals surface area contributed by atoms with Crippen LogP contribution in [0.15, 0.2) is 77.7 Å². The van der Waals surface area contributed by atoms with E-state index >= 15 is 0 Å². The maximum atomic E-state index is 12.9. The molecular formula is C27H23F3N2O5S. The van der Waals surface area contributed by atoms with E-state index in [0.717, 1.165) is 12.1 Å². The summed E-state index contributed by atoms with van der Waals surface area (Å²) < 4.78 is 71.0. The van der Waals surface area contributed by atoms with Crippen LogP contribution in [0, 0.1) is 11.8 Å². The molecule has 0 spiro atoms. The predicted octanol–water partition coefficient (Wildman–Crippen LogP) is 4.59. The van der Waals surface area contributed by atoms with E-state index < -0.39 is 40.2 Å². The van der Waals surface area contributed by atoms with Gasteiger partial charge >= 0.3 is 6.18 Å². The first kappa shape index (κ1) is 28.4. The number of nitrogens with one attached hydrogen (secondary N) is 2. The van der Waals surface area contributed by atoms with Gasteiger partial charge in [-0.2, -0.15) is 13.2 Å². The lowest BCUT2D eigenvalue weighted by molar-refractivity contribution is -0.137. The van der Waals surface area contributed by atoms with Crippen molar-refractivity contribution in [1.29, 1.82) is 0 Å². The summed E-state index contributed by atoms with van der Waals surface area (Å²) in [7, 11) is -4.29. The third-order valence-corrected chi connectivity index (χ3v) is 6.37. The Morgan fingerprint density at radius 3 is 2.29 bits per heavy atom. The number of carbonyl (C=O) groups excluding carboxylic acids is 2. The van der Waals surface area contributed by atoms with Gasteiger partial charge in [0.15, 0.2) is 0 Å². The summed E-state index contributed by atoms with van der Waals surface area (Å²) in [5.41, 5.74) is -0.0269. The van der Waals surface area contributed by atoms with Gasteiger partial charge in [0, 0.05) is 23.3 Å². The van der Waals surface area contributed by atoms with Gasteiger partial charge in [0.25, 0.3) is 21.8 Å². The summed E-state index contributed by atoms with van der Waals surface area (Å²) in [5.74, 6) is 3.93. The van der Waals surface area contributed by atoms with E-state index in [0.29, 0.717) is 18.6 Å². The Morgan fingerprint density at radius 2 is 1.61 bits per heavy atom. The molecule has 0 aliphatic heterocycles. The molecule has 0 fully saturated rings. The number of anilines is 1. The third-order valence-electron chi connectivity index (χ3n) is 4.94. The summed E-state index contributed by atoms with van der Waals surface area (Å²) in [6, 6.07) is 16.1. The zero-order chi connectivity index (χ0) is 27.8. The number of halogens is 3. The number of alkyl halides is 3. The number of amides is 2. The second kappa shape index (κ2) is 12.4. The Hall–Kier alpha value is -4.14. The van der Waals surface area contributed by atoms with Crippen molar-refractivity contribution in [3.05, 3.63) is 95.1 Å². The first-order valence-corrected chi connectivity index (χ1v) is 12.8. The van der Waals surface area contributed by atoms with Crippen LogP contribution >= 0.6 is 0 Å². The molecule has 3 aromatic rings. The molecule has 2 amide bonds. The molecule has 0 aliphatic rings. The van der Waals surface area contributed by atoms with Crippen LogP contribution < -0.4 is 10.0 Å². The normalized spacial score (nSPS) is 11.3. The zero-order valence-corrected chi connectivity index (χ0v) is 20.9. The molecule has 0 heterocycles. The first-order chi connectivity index (χ1) is 18.0. The van der Waals surface area contributed by atoms with Crippen LogP contribution in [0.4, 0.5) is 18.9 Å². The topological polar surface area (TPSA) is 102 Å². The van der Waals surface area contributed by atoms with Gasteiger partial charge in [0.05, 0.1) is 11.3 Å². The lowest BCUT2D eigenvalue weighted by Crippen LogP contribution is -2.34. The van der Waals surface area contributed by atoms with E-state index in [1.165, 1.54) is 60.7 Å². The minimum Gasteiger partial charge on any atom is -0.372 e. The Labute approximate surface area is 218 Å². The molecule has 38 heavy (non-hydrogen) atoms. The highest BCUT2D eigenvalue weighted by molar-refractivity contribution is 7.90. The van der Waals surface area contributed by atoms with Crippen LogP contribution in [0.1, 0.15) is 40.4 Å². The zero-order valence-electron chi connectivity index (χ0n) is 20.1. The molecule has 0 atom stereocenters. The average Bonchev–Trinajstić information content (AvgIpc) is 2.87. The van der Waals surface area contributed by atoms with Crippen LogP contribution in [-0.2, 0) is 25.7 Å². The molecule has 0 radical (unpaired) electrons. The fourth-order valence-corrected chi connectivity index (χ4v) is 4.30. The van der Waals surface area contributed by atoms with Crippen molar-refractivity contribution in [2.24, 2.45) is 0 Å². The minimum absolute atomic E-state index is 0.0410. The van der Waals surface area contributed by atoms with Gasteiger partial charge < -0.3 is 10.1 Å². The lowest BCUT2D eigenvalue weighted by Gasteiger charge is -2.13. The van der Waals surface area contributed by atoms with Gasteiger partial charge in [-0.1, -0.05) is 37.0 Å². The fourth-order valence-electron chi connectivity index (χ4n) is 3.16. The Morgan fingerprint density at radius 1 is 0.921 bits per heavy atom. The van der Waals surface area contributed by atoms with E-state index in [9.17, 15) is 31.2 Å². The Balaban J connectivity index is 1.72. The number of hydrogen-bond acceptors (Lipinski definition) is 5. The van der Waals surface area contributed by atoms with E-state index in [1.807, 2.05) is 11.6 Å². The van der Waals surface area contributed by atoms with E-state index in [2.05, 4.69) is 17.2 Å². The van der Waals surface area contributed by atoms with Crippen molar-refractivity contribution < 1.29 is 35.9 Å². The molecule has 0 saturated heterocycles. The van der Waals surface area contributed by atoms with Crippen molar-refractivity contribution in [2.45, 2.75) is 24.4 Å². The van der Waals surface area contributed by atoms with E-state index in [-0.39, 0.29) is 21.7 Å². The molecule has 0 aliphatic carbocycles. The quantitative estimate of drug-likeness (QED) is 0.319. The monoisotopic (exact) mass is 544 g/mol. The molecule has 2 N–H and O–H groups in total. The number of ether oxygens (including phenoxy) is 1. The maximum Gasteiger partial charge on any atom is 0.416 e. The SMILES string of the molecule is CCCOCC(=O)NS(=O)(=O)c1ccccc1NC(=O)c1ccc(C#Cc2cccc(C(F)(F)F)c2)cc1. The van der Waals surface area contributed by atoms with Crippen molar-refractivity contribution >= 4 is 27.5 Å². The van der Waals surface area contributed by atoms with Crippen LogP contribution in [0.2, 0.25) is 0 Å². The molecule has 3 rings (SSSR count). The van der Waals surface area contributed by atoms with E-state index in [4.69, 9.17) is 4.74 Å². The van der Waals surface area contributed by atoms with Crippen LogP contribution in [0.25, 0.3) is 0 Å². The smallest absolute Gasteiger partial charge is 0.372 e. The number of carbonyl (C=O) groups is 2. The molecule has 0 bridgehead atoms. The van der Waals surface area contributed by atoms with Crippen molar-refractivity contribution in [3.63, 3.8) is 0 Å². The number of para-hydroxylation sites is 1. The van der Waals surface area contributed by atoms with Gasteiger partial charge in [0.2, 0.25) is 0 Å². The minimum atomic E-state index is -4.47. The average molecular weight is 545 g/mol. The van der Waals surface area contributed by atoms with Crippen LogP contribution in [0.5, 0.6) is 0 Å². The van der Waals surface area contributed by atoms with Gasteiger partial charge in [0.1, 0.15) is 11.5 Å². The summed E-state index contributed by atoms with van der Waals surface area (Å²) in [6.45, 7) is 1.72. The number of benzene rings is 3. The first-order valence-electron chi connectivity index (χ1n) is 11.3. The highest BCUT2D eigenvalue weighted by atomic mass is 32.2. The fraction of sp³-hybridized carbons (Fsp3) is 0.185. The molecule has 0 saturated carbocycles. The van der Waals surface area contributed by atoms with Crippen molar-refractivity contribution in [1.82, 2.24) is 4.72 Å². The molecule has 0 aromatic heterocycles. The lowest BCUT2D eigenvalue weighted by atomic mass is 10.1. The molecule has 7 nitrogen and oxygen atoms in total. The summed E-state index contributed by atoms with van der Waals surface area (Å²) in [6.07, 6.45) is -3.81. The van der Waals surface area contributed by atoms with Crippen LogP contribution in [0.3, 0.4) is 0 Å². The second-order valence-electron chi connectivity index (χ2n) is 7.94. The number of sulfonamides is 1.